The summed E-state index contributed by atoms with van der Waals surface area (Å²) in [6.07, 6.45) is 1.54. The molecular formula is C10H9N3O3. The Morgan fingerprint density at radius 2 is 2.31 bits per heavy atom. The summed E-state index contributed by atoms with van der Waals surface area (Å²) in [7, 11) is 1.67. The molecule has 0 aliphatic rings. The number of aromatic nitrogens is 2. The fraction of sp³-hybridized carbons (Fsp3) is 0.100. The lowest BCUT2D eigenvalue weighted by Gasteiger charge is -2.04. The van der Waals surface area contributed by atoms with Crippen LogP contribution in [0.25, 0.3) is 10.9 Å². The molecule has 82 valence electrons. The number of pyridine rings is 2. The Morgan fingerprint density at radius 1 is 1.56 bits per heavy atom. The molecule has 0 saturated carbocycles. The van der Waals surface area contributed by atoms with E-state index in [0.29, 0.717) is 16.7 Å². The van der Waals surface area contributed by atoms with Crippen LogP contribution in [-0.2, 0) is 0 Å². The number of aromatic amines is 1. The van der Waals surface area contributed by atoms with Gasteiger partial charge in [0.15, 0.2) is 0 Å². The molecule has 0 atom stereocenters. The number of aromatic carboxylic acids is 1. The Labute approximate surface area is 89.9 Å². The van der Waals surface area contributed by atoms with Gasteiger partial charge < -0.3 is 15.4 Å². The van der Waals surface area contributed by atoms with Crippen molar-refractivity contribution < 1.29 is 9.90 Å². The second-order valence-electron chi connectivity index (χ2n) is 3.19. The van der Waals surface area contributed by atoms with Crippen molar-refractivity contribution in [1.29, 1.82) is 0 Å². The van der Waals surface area contributed by atoms with Crippen molar-refractivity contribution in [3.63, 3.8) is 0 Å². The number of anilines is 1. The van der Waals surface area contributed by atoms with Gasteiger partial charge in [-0.15, -0.1) is 0 Å². The van der Waals surface area contributed by atoms with Crippen LogP contribution in [0.1, 0.15) is 10.4 Å². The van der Waals surface area contributed by atoms with Gasteiger partial charge >= 0.3 is 5.97 Å². The highest BCUT2D eigenvalue weighted by Crippen LogP contribution is 2.17. The molecule has 0 aliphatic carbocycles. The van der Waals surface area contributed by atoms with Crippen LogP contribution in [0, 0.1) is 0 Å². The maximum absolute atomic E-state index is 11.5. The van der Waals surface area contributed by atoms with E-state index in [0.717, 1.165) is 0 Å². The molecule has 2 aromatic rings. The number of hydrogen-bond acceptors (Lipinski definition) is 4. The molecule has 2 aromatic heterocycles. The van der Waals surface area contributed by atoms with E-state index in [2.05, 4.69) is 15.3 Å². The lowest BCUT2D eigenvalue weighted by molar-refractivity contribution is 0.0695. The van der Waals surface area contributed by atoms with Crippen molar-refractivity contribution in [2.75, 3.05) is 12.4 Å². The molecule has 16 heavy (non-hydrogen) atoms. The van der Waals surface area contributed by atoms with E-state index in [4.69, 9.17) is 5.11 Å². The number of hydrogen-bond donors (Lipinski definition) is 3. The Bertz CT molecular complexity index is 618. The smallest absolute Gasteiger partial charge is 0.341 e. The topological polar surface area (TPSA) is 95.1 Å². The average molecular weight is 219 g/mol. The highest BCUT2D eigenvalue weighted by molar-refractivity contribution is 5.95. The second-order valence-corrected chi connectivity index (χ2v) is 3.19. The molecule has 3 N–H and O–H groups in total. The number of nitrogens with zero attached hydrogens (tertiary/aromatic N) is 1. The number of carboxylic acids is 1. The number of nitrogens with one attached hydrogen (secondary N) is 2. The van der Waals surface area contributed by atoms with E-state index < -0.39 is 11.5 Å². The number of H-pyrrole nitrogens is 1. The molecule has 2 rings (SSSR count). The van der Waals surface area contributed by atoms with Crippen LogP contribution >= 0.6 is 0 Å². The SMILES string of the molecule is CNc1nccc2cc(C(=O)O)c(=O)[nH]c12. The van der Waals surface area contributed by atoms with Crippen molar-refractivity contribution in [3.05, 3.63) is 34.2 Å². The van der Waals surface area contributed by atoms with Gasteiger partial charge in [-0.25, -0.2) is 9.78 Å². The van der Waals surface area contributed by atoms with E-state index in [9.17, 15) is 9.59 Å². The third-order valence-corrected chi connectivity index (χ3v) is 2.23. The van der Waals surface area contributed by atoms with Crippen LogP contribution in [0.15, 0.2) is 23.1 Å². The summed E-state index contributed by atoms with van der Waals surface area (Å²) in [6.45, 7) is 0. The predicted molar refractivity (Wildman–Crippen MR) is 58.9 cm³/mol. The number of rotatable bonds is 2. The van der Waals surface area contributed by atoms with Gasteiger partial charge in [0.2, 0.25) is 0 Å². The monoisotopic (exact) mass is 219 g/mol. The van der Waals surface area contributed by atoms with Crippen LogP contribution in [0.2, 0.25) is 0 Å². The normalized spacial score (nSPS) is 10.3. The first-order valence-corrected chi connectivity index (χ1v) is 4.56. The van der Waals surface area contributed by atoms with Crippen LogP contribution in [0.4, 0.5) is 5.82 Å². The maximum atomic E-state index is 11.5. The van der Waals surface area contributed by atoms with E-state index in [-0.39, 0.29) is 5.56 Å². The summed E-state index contributed by atoms with van der Waals surface area (Å²) in [6, 6.07) is 2.97. The zero-order valence-corrected chi connectivity index (χ0v) is 8.44. The van der Waals surface area contributed by atoms with E-state index >= 15 is 0 Å². The predicted octanol–water partition coefficient (Wildman–Crippen LogP) is 0.663. The standard InChI is InChI=1S/C10H9N3O3/c1-11-8-7-5(2-3-12-8)4-6(10(15)16)9(14)13-7/h2-4H,1H3,(H,11,12)(H,13,14)(H,15,16). The van der Waals surface area contributed by atoms with Gasteiger partial charge in [-0.3, -0.25) is 4.79 Å². The molecule has 6 heteroatoms. The summed E-state index contributed by atoms with van der Waals surface area (Å²) < 4.78 is 0. The maximum Gasteiger partial charge on any atom is 0.341 e. The minimum Gasteiger partial charge on any atom is -0.477 e. The zero-order chi connectivity index (χ0) is 11.7. The van der Waals surface area contributed by atoms with E-state index in [1.54, 1.807) is 13.1 Å². The fourth-order valence-corrected chi connectivity index (χ4v) is 1.48. The van der Waals surface area contributed by atoms with Crippen LogP contribution < -0.4 is 10.9 Å². The van der Waals surface area contributed by atoms with Gasteiger partial charge in [0.1, 0.15) is 11.4 Å². The van der Waals surface area contributed by atoms with Gasteiger partial charge in [0, 0.05) is 18.6 Å². The van der Waals surface area contributed by atoms with Crippen molar-refractivity contribution in [2.24, 2.45) is 0 Å². The summed E-state index contributed by atoms with van der Waals surface area (Å²) >= 11 is 0. The van der Waals surface area contributed by atoms with E-state index in [1.807, 2.05) is 0 Å². The van der Waals surface area contributed by atoms with Crippen LogP contribution in [0.5, 0.6) is 0 Å². The third-order valence-electron chi connectivity index (χ3n) is 2.23. The molecule has 0 unspecified atom stereocenters. The molecule has 0 aromatic carbocycles. The van der Waals surface area contributed by atoms with Crippen molar-refractivity contribution in [3.8, 4) is 0 Å². The highest BCUT2D eigenvalue weighted by atomic mass is 16.4. The molecule has 2 heterocycles. The molecule has 0 fully saturated rings. The van der Waals surface area contributed by atoms with Crippen LogP contribution in [0.3, 0.4) is 0 Å². The van der Waals surface area contributed by atoms with Gasteiger partial charge in [-0.1, -0.05) is 0 Å². The van der Waals surface area contributed by atoms with E-state index in [1.165, 1.54) is 12.3 Å². The molecule has 0 radical (unpaired) electrons. The molecule has 0 bridgehead atoms. The Balaban J connectivity index is 2.83. The lowest BCUT2D eigenvalue weighted by atomic mass is 10.2. The summed E-state index contributed by atoms with van der Waals surface area (Å²) in [5, 5.41) is 12.2. The van der Waals surface area contributed by atoms with Gasteiger partial charge in [-0.05, 0) is 12.1 Å². The van der Waals surface area contributed by atoms with Gasteiger partial charge in [0.05, 0.1) is 5.52 Å². The Morgan fingerprint density at radius 3 is 2.94 bits per heavy atom. The zero-order valence-electron chi connectivity index (χ0n) is 8.44. The fourth-order valence-electron chi connectivity index (χ4n) is 1.48. The first-order chi connectivity index (χ1) is 7.63. The molecule has 0 saturated heterocycles. The minimum atomic E-state index is -1.24. The number of carboxylic acid groups (broad SMARTS) is 1. The first kappa shape index (κ1) is 10.2. The number of carbonyl (C=O) groups is 1. The lowest BCUT2D eigenvalue weighted by Crippen LogP contribution is -2.17. The third kappa shape index (κ3) is 1.50. The minimum absolute atomic E-state index is 0.277. The summed E-state index contributed by atoms with van der Waals surface area (Å²) in [5.41, 5.74) is -0.412. The molecule has 0 amide bonds. The second kappa shape index (κ2) is 3.65. The number of fused-ring (bicyclic) bond motifs is 1. The van der Waals surface area contributed by atoms with Gasteiger partial charge in [0.25, 0.3) is 5.56 Å². The summed E-state index contributed by atoms with van der Waals surface area (Å²) in [5.74, 6) is -0.738. The Hall–Kier alpha value is -2.37. The molecule has 0 spiro atoms. The van der Waals surface area contributed by atoms with Crippen molar-refractivity contribution in [2.45, 2.75) is 0 Å². The van der Waals surface area contributed by atoms with Crippen molar-refractivity contribution in [1.82, 2.24) is 9.97 Å². The Kier molecular flexibility index (Phi) is 2.32. The first-order valence-electron chi connectivity index (χ1n) is 4.56. The quantitative estimate of drug-likeness (QED) is 0.689. The van der Waals surface area contributed by atoms with Crippen LogP contribution in [-0.4, -0.2) is 28.1 Å². The average Bonchev–Trinajstić information content (AvgIpc) is 2.27. The molecule has 0 aliphatic heterocycles. The van der Waals surface area contributed by atoms with Crippen molar-refractivity contribution >= 4 is 22.7 Å². The summed E-state index contributed by atoms with van der Waals surface area (Å²) in [4.78, 5) is 28.7. The molecule has 6 nitrogen and oxygen atoms in total. The van der Waals surface area contributed by atoms with Gasteiger partial charge in [-0.2, -0.15) is 0 Å². The highest BCUT2D eigenvalue weighted by Gasteiger charge is 2.11. The molecular weight excluding hydrogens is 210 g/mol. The largest absolute Gasteiger partial charge is 0.477 e.